The van der Waals surface area contributed by atoms with E-state index in [2.05, 4.69) is 5.32 Å². The average molecular weight is 598 g/mol. The van der Waals surface area contributed by atoms with Crippen LogP contribution in [0.25, 0.3) is 0 Å². The highest BCUT2D eigenvalue weighted by Crippen LogP contribution is 2.24. The minimum absolute atomic E-state index is 0.0308. The number of amides is 1. The number of anilines is 1. The van der Waals surface area contributed by atoms with Crippen LogP contribution in [0, 0.1) is 5.92 Å². The van der Waals surface area contributed by atoms with E-state index in [9.17, 15) is 28.5 Å². The summed E-state index contributed by atoms with van der Waals surface area (Å²) >= 11 is 0. The number of carbonyl (C=O) groups is 1. The Kier molecular flexibility index (Phi) is 10.7. The van der Waals surface area contributed by atoms with Crippen molar-refractivity contribution < 1.29 is 33.3 Å². The zero-order chi connectivity index (χ0) is 30.3. The number of benzene rings is 3. The lowest BCUT2D eigenvalue weighted by atomic mass is 10.00. The number of rotatable bonds is 14. The highest BCUT2D eigenvalue weighted by atomic mass is 32.2. The van der Waals surface area contributed by atoms with Crippen LogP contribution in [0.15, 0.2) is 89.8 Å². The Hall–Kier alpha value is -3.32. The van der Waals surface area contributed by atoms with Gasteiger partial charge in [-0.15, -0.1) is 0 Å². The maximum atomic E-state index is 13.6. The van der Waals surface area contributed by atoms with Gasteiger partial charge in [0.05, 0.1) is 24.2 Å². The Labute approximate surface area is 247 Å². The van der Waals surface area contributed by atoms with Crippen LogP contribution >= 0.6 is 0 Å². The molecule has 1 saturated heterocycles. The molecule has 1 fully saturated rings. The number of ether oxygens (including phenoxy) is 1. The van der Waals surface area contributed by atoms with Crippen molar-refractivity contribution in [3.63, 3.8) is 0 Å². The molecule has 0 radical (unpaired) electrons. The van der Waals surface area contributed by atoms with Gasteiger partial charge in [0, 0.05) is 24.8 Å². The first kappa shape index (κ1) is 31.6. The first-order valence-electron chi connectivity index (χ1n) is 14.0. The van der Waals surface area contributed by atoms with Crippen LogP contribution in [0.4, 0.5) is 10.5 Å². The third-order valence-electron chi connectivity index (χ3n) is 7.11. The molecule has 226 valence electrons. The Morgan fingerprint density at radius 3 is 2.14 bits per heavy atom. The fourth-order valence-electron chi connectivity index (χ4n) is 4.90. The number of aliphatic hydroxyl groups excluding tert-OH is 3. The smallest absolute Gasteiger partial charge is 0.414 e. The van der Waals surface area contributed by atoms with E-state index in [1.54, 1.807) is 36.4 Å². The van der Waals surface area contributed by atoms with Crippen molar-refractivity contribution in [3.8, 4) is 0 Å². The molecule has 4 N–H and O–H groups in total. The van der Waals surface area contributed by atoms with Crippen LogP contribution in [0.2, 0.25) is 0 Å². The van der Waals surface area contributed by atoms with Crippen molar-refractivity contribution in [2.24, 2.45) is 5.92 Å². The molecule has 3 aromatic carbocycles. The molecular formula is C31H39N3O7S. The van der Waals surface area contributed by atoms with Gasteiger partial charge in [-0.1, -0.05) is 74.5 Å². The van der Waals surface area contributed by atoms with E-state index < -0.39 is 40.6 Å². The monoisotopic (exact) mass is 597 g/mol. The van der Waals surface area contributed by atoms with Crippen LogP contribution < -0.4 is 10.2 Å². The molecule has 1 aliphatic heterocycles. The van der Waals surface area contributed by atoms with Gasteiger partial charge >= 0.3 is 6.09 Å². The van der Waals surface area contributed by atoms with Crippen molar-refractivity contribution in [2.75, 3.05) is 24.5 Å². The van der Waals surface area contributed by atoms with Gasteiger partial charge in [0.2, 0.25) is 10.0 Å². The lowest BCUT2D eigenvalue weighted by molar-refractivity contribution is -0.0119. The topological polar surface area (TPSA) is 140 Å². The van der Waals surface area contributed by atoms with Crippen molar-refractivity contribution in [3.05, 3.63) is 96.1 Å². The summed E-state index contributed by atoms with van der Waals surface area (Å²) in [5.41, 5.74) is 2.09. The van der Waals surface area contributed by atoms with E-state index in [1.807, 2.05) is 50.2 Å². The summed E-state index contributed by atoms with van der Waals surface area (Å²) < 4.78 is 34.0. The SMILES string of the molecule is CC(C)CN(C[C@@H](O)[C@H](Cc1ccccc1)NC(O)[C@@H]1CN(c2ccccc2)C(=O)O1)S(=O)(=O)c1ccc(CO)cc1. The average Bonchev–Trinajstić information content (AvgIpc) is 3.38. The van der Waals surface area contributed by atoms with Crippen LogP contribution in [-0.2, 0) is 27.8 Å². The molecule has 1 aliphatic rings. The van der Waals surface area contributed by atoms with Gasteiger partial charge in [-0.05, 0) is 47.7 Å². The zero-order valence-corrected chi connectivity index (χ0v) is 24.6. The number of aliphatic hydroxyl groups is 3. The Balaban J connectivity index is 1.54. The van der Waals surface area contributed by atoms with E-state index in [0.29, 0.717) is 11.3 Å². The molecular weight excluding hydrogens is 558 g/mol. The quantitative estimate of drug-likeness (QED) is 0.208. The number of para-hydroxylation sites is 1. The largest absolute Gasteiger partial charge is 0.440 e. The molecule has 10 nitrogen and oxygen atoms in total. The van der Waals surface area contributed by atoms with Gasteiger partial charge in [-0.25, -0.2) is 13.2 Å². The standard InChI is InChI=1S/C31H39N3O7S/c1-22(2)18-33(42(39,40)26-15-13-24(21-35)14-16-26)19-28(36)27(17-23-9-5-3-6-10-23)32-30(37)29-20-34(31(38)41-29)25-11-7-4-8-12-25/h3-16,22,27-30,32,35-37H,17-21H2,1-2H3/t27-,28+,29-,30?/m0/s1. The Bertz CT molecular complexity index is 1390. The van der Waals surface area contributed by atoms with Crippen molar-refractivity contribution >= 4 is 21.8 Å². The number of sulfonamides is 1. The molecule has 1 amide bonds. The summed E-state index contributed by atoms with van der Waals surface area (Å²) in [4.78, 5) is 14.0. The van der Waals surface area contributed by atoms with Crippen molar-refractivity contribution in [2.45, 2.75) is 56.2 Å². The predicted molar refractivity (Wildman–Crippen MR) is 159 cm³/mol. The predicted octanol–water partition coefficient (Wildman–Crippen LogP) is 2.73. The number of nitrogens with one attached hydrogen (secondary N) is 1. The van der Waals surface area contributed by atoms with Gasteiger partial charge in [-0.3, -0.25) is 10.2 Å². The van der Waals surface area contributed by atoms with Crippen molar-refractivity contribution in [1.29, 1.82) is 0 Å². The molecule has 0 saturated carbocycles. The second-order valence-electron chi connectivity index (χ2n) is 10.9. The van der Waals surface area contributed by atoms with Gasteiger partial charge in [-0.2, -0.15) is 4.31 Å². The van der Waals surface area contributed by atoms with Crippen LogP contribution in [0.5, 0.6) is 0 Å². The second kappa shape index (κ2) is 14.2. The van der Waals surface area contributed by atoms with Crippen LogP contribution in [0.3, 0.4) is 0 Å². The first-order chi connectivity index (χ1) is 20.1. The first-order valence-corrected chi connectivity index (χ1v) is 15.4. The molecule has 1 heterocycles. The van der Waals surface area contributed by atoms with Gasteiger partial charge in [0.15, 0.2) is 6.10 Å². The van der Waals surface area contributed by atoms with Gasteiger partial charge < -0.3 is 20.1 Å². The van der Waals surface area contributed by atoms with E-state index in [-0.39, 0.29) is 43.5 Å². The van der Waals surface area contributed by atoms with E-state index in [4.69, 9.17) is 4.74 Å². The lowest BCUT2D eigenvalue weighted by Gasteiger charge is -2.32. The maximum absolute atomic E-state index is 13.6. The Morgan fingerprint density at radius 2 is 1.55 bits per heavy atom. The molecule has 42 heavy (non-hydrogen) atoms. The summed E-state index contributed by atoms with van der Waals surface area (Å²) in [6.07, 6.45) is -3.78. The molecule has 4 rings (SSSR count). The van der Waals surface area contributed by atoms with Crippen molar-refractivity contribution in [1.82, 2.24) is 9.62 Å². The molecule has 0 aromatic heterocycles. The summed E-state index contributed by atoms with van der Waals surface area (Å²) in [6, 6.07) is 23.5. The molecule has 1 unspecified atom stereocenters. The van der Waals surface area contributed by atoms with E-state index >= 15 is 0 Å². The highest BCUT2D eigenvalue weighted by molar-refractivity contribution is 7.89. The molecule has 4 atom stereocenters. The molecule has 11 heteroatoms. The zero-order valence-electron chi connectivity index (χ0n) is 23.8. The summed E-state index contributed by atoms with van der Waals surface area (Å²) in [7, 11) is -3.99. The molecule has 0 aliphatic carbocycles. The molecule has 0 bridgehead atoms. The van der Waals surface area contributed by atoms with Gasteiger partial charge in [0.25, 0.3) is 0 Å². The van der Waals surface area contributed by atoms with E-state index in [1.165, 1.54) is 21.3 Å². The molecule has 3 aromatic rings. The summed E-state index contributed by atoms with van der Waals surface area (Å²) in [6.45, 7) is 3.60. The fraction of sp³-hybridized carbons (Fsp3) is 0.387. The maximum Gasteiger partial charge on any atom is 0.414 e. The highest BCUT2D eigenvalue weighted by Gasteiger charge is 2.39. The number of carbonyl (C=O) groups excluding carboxylic acids is 1. The Morgan fingerprint density at radius 1 is 0.929 bits per heavy atom. The molecule has 0 spiro atoms. The number of hydrogen-bond acceptors (Lipinski definition) is 8. The van der Waals surface area contributed by atoms with Crippen LogP contribution in [0.1, 0.15) is 25.0 Å². The van der Waals surface area contributed by atoms with Crippen LogP contribution in [-0.4, -0.2) is 78.2 Å². The van der Waals surface area contributed by atoms with Gasteiger partial charge in [0.1, 0.15) is 6.23 Å². The fourth-order valence-corrected chi connectivity index (χ4v) is 6.52. The number of nitrogens with zero attached hydrogens (tertiary/aromatic N) is 2. The normalized spacial score (nSPS) is 17.8. The summed E-state index contributed by atoms with van der Waals surface area (Å²) in [5.74, 6) is -0.0308. The minimum Gasteiger partial charge on any atom is -0.440 e. The minimum atomic E-state index is -3.99. The number of cyclic esters (lactones) is 1. The van der Waals surface area contributed by atoms with E-state index in [0.717, 1.165) is 5.56 Å². The lowest BCUT2D eigenvalue weighted by Crippen LogP contribution is -2.55. The second-order valence-corrected chi connectivity index (χ2v) is 12.8. The number of hydrogen-bond donors (Lipinski definition) is 4. The summed E-state index contributed by atoms with van der Waals surface area (Å²) in [5, 5.41) is 35.0. The third-order valence-corrected chi connectivity index (χ3v) is 8.95. The third kappa shape index (κ3) is 7.94.